The Labute approximate surface area is 140 Å². The highest BCUT2D eigenvalue weighted by atomic mass is 16.6. The lowest BCUT2D eigenvalue weighted by molar-refractivity contribution is -0.137. The van der Waals surface area contributed by atoms with Crippen molar-refractivity contribution < 1.29 is 14.6 Å². The van der Waals surface area contributed by atoms with Crippen molar-refractivity contribution in [3.8, 4) is 0 Å². The summed E-state index contributed by atoms with van der Waals surface area (Å²) in [5.41, 5.74) is 0. The van der Waals surface area contributed by atoms with Crippen molar-refractivity contribution >= 4 is 5.97 Å². The van der Waals surface area contributed by atoms with Crippen LogP contribution < -0.4 is 0 Å². The van der Waals surface area contributed by atoms with Gasteiger partial charge >= 0.3 is 5.97 Å². The number of rotatable bonds is 13. The minimum absolute atomic E-state index is 0.255. The number of hydrogen-bond donors (Lipinski definition) is 1. The van der Waals surface area contributed by atoms with Crippen molar-refractivity contribution in [3.63, 3.8) is 0 Å². The second-order valence-corrected chi connectivity index (χ2v) is 5.74. The lowest BCUT2D eigenvalue weighted by atomic mass is 10.1. The molecule has 0 aromatic carbocycles. The van der Waals surface area contributed by atoms with Gasteiger partial charge in [-0.25, -0.2) is 0 Å². The van der Waals surface area contributed by atoms with E-state index in [0.717, 1.165) is 44.9 Å². The van der Waals surface area contributed by atoms with E-state index in [0.29, 0.717) is 12.2 Å². The van der Waals surface area contributed by atoms with E-state index in [1.54, 1.807) is 0 Å². The van der Waals surface area contributed by atoms with Gasteiger partial charge in [0.1, 0.15) is 0 Å². The monoisotopic (exact) mass is 318 g/mol. The zero-order chi connectivity index (χ0) is 16.8. The summed E-state index contributed by atoms with van der Waals surface area (Å²) in [6.07, 6.45) is 25.0. The van der Waals surface area contributed by atoms with Gasteiger partial charge in [-0.15, -0.1) is 0 Å². The molecular formula is C20H30O3. The lowest BCUT2D eigenvalue weighted by Gasteiger charge is -1.90. The largest absolute Gasteiger partial charge is 0.481 e. The normalized spacial score (nSPS) is 21.3. The third-order valence-electron chi connectivity index (χ3n) is 3.63. The number of carbonyl (C=O) groups is 1. The highest BCUT2D eigenvalue weighted by Gasteiger charge is 2.35. The summed E-state index contributed by atoms with van der Waals surface area (Å²) in [5.74, 6) is -0.717. The van der Waals surface area contributed by atoms with E-state index in [2.05, 4.69) is 55.5 Å². The second-order valence-electron chi connectivity index (χ2n) is 5.74. The van der Waals surface area contributed by atoms with E-state index in [4.69, 9.17) is 9.84 Å². The van der Waals surface area contributed by atoms with Crippen molar-refractivity contribution in [1.29, 1.82) is 0 Å². The smallest absolute Gasteiger partial charge is 0.303 e. The maximum atomic E-state index is 10.3. The summed E-state index contributed by atoms with van der Waals surface area (Å²) in [6, 6.07) is 0. The van der Waals surface area contributed by atoms with E-state index in [-0.39, 0.29) is 6.42 Å². The molecule has 0 aliphatic carbocycles. The van der Waals surface area contributed by atoms with Crippen molar-refractivity contribution in [2.24, 2.45) is 0 Å². The molecule has 0 saturated carbocycles. The molecule has 1 aliphatic rings. The Morgan fingerprint density at radius 1 is 0.913 bits per heavy atom. The molecule has 0 aromatic heterocycles. The van der Waals surface area contributed by atoms with Gasteiger partial charge in [0.05, 0.1) is 12.2 Å². The fraction of sp³-hybridized carbons (Fsp3) is 0.550. The van der Waals surface area contributed by atoms with Crippen LogP contribution in [0, 0.1) is 0 Å². The molecule has 0 radical (unpaired) electrons. The van der Waals surface area contributed by atoms with E-state index < -0.39 is 5.97 Å². The number of carboxylic acid groups (broad SMARTS) is 1. The van der Waals surface area contributed by atoms with Crippen LogP contribution in [-0.4, -0.2) is 23.3 Å². The van der Waals surface area contributed by atoms with Gasteiger partial charge in [-0.1, -0.05) is 55.5 Å². The van der Waals surface area contributed by atoms with Crippen LogP contribution in [0.5, 0.6) is 0 Å². The molecule has 1 rings (SSSR count). The Kier molecular flexibility index (Phi) is 10.9. The van der Waals surface area contributed by atoms with Gasteiger partial charge < -0.3 is 9.84 Å². The van der Waals surface area contributed by atoms with Crippen LogP contribution in [0.25, 0.3) is 0 Å². The van der Waals surface area contributed by atoms with Gasteiger partial charge in [-0.3, -0.25) is 4.79 Å². The third kappa shape index (κ3) is 11.6. The molecule has 0 spiro atoms. The predicted octanol–water partition coefficient (Wildman–Crippen LogP) is 5.20. The van der Waals surface area contributed by atoms with Crippen LogP contribution in [-0.2, 0) is 9.53 Å². The number of allylic oxidation sites excluding steroid dienone is 6. The lowest BCUT2D eigenvalue weighted by Crippen LogP contribution is -1.92. The maximum Gasteiger partial charge on any atom is 0.303 e. The van der Waals surface area contributed by atoms with Crippen LogP contribution in [0.3, 0.4) is 0 Å². The first-order valence-corrected chi connectivity index (χ1v) is 8.71. The van der Waals surface area contributed by atoms with Crippen LogP contribution >= 0.6 is 0 Å². The molecule has 1 fully saturated rings. The van der Waals surface area contributed by atoms with Gasteiger partial charge in [0.2, 0.25) is 0 Å². The fourth-order valence-corrected chi connectivity index (χ4v) is 2.25. The molecule has 3 nitrogen and oxygen atoms in total. The molecule has 1 saturated heterocycles. The maximum absolute atomic E-state index is 10.3. The average molecular weight is 318 g/mol. The summed E-state index contributed by atoms with van der Waals surface area (Å²) in [7, 11) is 0. The average Bonchev–Trinajstić information content (AvgIpc) is 3.27. The molecule has 0 bridgehead atoms. The molecule has 1 heterocycles. The molecule has 0 amide bonds. The quantitative estimate of drug-likeness (QED) is 0.288. The summed E-state index contributed by atoms with van der Waals surface area (Å²) in [5, 5.41) is 8.51. The minimum Gasteiger partial charge on any atom is -0.481 e. The highest BCUT2D eigenvalue weighted by molar-refractivity contribution is 5.66. The molecule has 128 valence electrons. The van der Waals surface area contributed by atoms with Crippen LogP contribution in [0.2, 0.25) is 0 Å². The van der Waals surface area contributed by atoms with E-state index in [1.807, 2.05) is 0 Å². The molecule has 0 unspecified atom stereocenters. The highest BCUT2D eigenvalue weighted by Crippen LogP contribution is 2.28. The minimum atomic E-state index is -0.717. The first kappa shape index (κ1) is 19.4. The summed E-state index contributed by atoms with van der Waals surface area (Å²) in [6.45, 7) is 2.15. The Balaban J connectivity index is 1.93. The molecule has 1 N–H and O–H groups in total. The van der Waals surface area contributed by atoms with E-state index in [1.165, 1.54) is 0 Å². The Morgan fingerprint density at radius 3 is 2.09 bits per heavy atom. The predicted molar refractivity (Wildman–Crippen MR) is 95.5 cm³/mol. The Morgan fingerprint density at radius 2 is 1.48 bits per heavy atom. The van der Waals surface area contributed by atoms with Gasteiger partial charge in [0, 0.05) is 6.42 Å². The molecule has 1 aliphatic heterocycles. The Bertz CT molecular complexity index is 432. The van der Waals surface area contributed by atoms with Crippen molar-refractivity contribution in [3.05, 3.63) is 48.6 Å². The number of aliphatic carboxylic acids is 1. The molecule has 2 atom stereocenters. The number of unbranched alkanes of at least 4 members (excludes halogenated alkanes) is 1. The third-order valence-corrected chi connectivity index (χ3v) is 3.63. The van der Waals surface area contributed by atoms with Crippen LogP contribution in [0.15, 0.2) is 48.6 Å². The van der Waals surface area contributed by atoms with Crippen molar-refractivity contribution in [2.75, 3.05) is 0 Å². The number of ether oxygens (including phenoxy) is 1. The molecule has 3 heteroatoms. The summed E-state index contributed by atoms with van der Waals surface area (Å²) < 4.78 is 5.60. The number of hydrogen-bond acceptors (Lipinski definition) is 2. The van der Waals surface area contributed by atoms with E-state index in [9.17, 15) is 4.79 Å². The SMILES string of the molecule is CC/C=C\C[C@H]1O[C@H]1C/C=C\C/C=C\C/C=C\CCCC(=O)O. The van der Waals surface area contributed by atoms with Gasteiger partial charge in [0.25, 0.3) is 0 Å². The van der Waals surface area contributed by atoms with Crippen LogP contribution in [0.1, 0.15) is 58.3 Å². The fourth-order valence-electron chi connectivity index (χ4n) is 2.25. The summed E-state index contributed by atoms with van der Waals surface area (Å²) >= 11 is 0. The zero-order valence-corrected chi connectivity index (χ0v) is 14.2. The topological polar surface area (TPSA) is 49.8 Å². The molecule has 0 aromatic rings. The number of carboxylic acids is 1. The zero-order valence-electron chi connectivity index (χ0n) is 14.2. The standard InChI is InChI=1S/C20H30O3/c1-2-3-12-15-18-19(23-18)16-13-10-8-6-4-5-7-9-11-14-17-20(21)22/h3-4,6-7,9-10,12-13,18-19H,2,5,8,11,14-17H2,1H3,(H,21,22)/b6-4-,9-7-,12-3-,13-10-/t18-,19+/m1/s1. The van der Waals surface area contributed by atoms with Gasteiger partial charge in [-0.05, 0) is 44.9 Å². The first-order valence-electron chi connectivity index (χ1n) is 8.71. The summed E-state index contributed by atoms with van der Waals surface area (Å²) in [4.78, 5) is 10.3. The van der Waals surface area contributed by atoms with Crippen LogP contribution in [0.4, 0.5) is 0 Å². The van der Waals surface area contributed by atoms with Crippen molar-refractivity contribution in [2.45, 2.75) is 70.5 Å². The number of epoxide rings is 1. The Hall–Kier alpha value is -1.61. The van der Waals surface area contributed by atoms with Gasteiger partial charge in [-0.2, -0.15) is 0 Å². The van der Waals surface area contributed by atoms with E-state index >= 15 is 0 Å². The van der Waals surface area contributed by atoms with Gasteiger partial charge in [0.15, 0.2) is 0 Å². The second kappa shape index (κ2) is 12.9. The molecular weight excluding hydrogens is 288 g/mol. The first-order chi connectivity index (χ1) is 11.2. The van der Waals surface area contributed by atoms with Crippen molar-refractivity contribution in [1.82, 2.24) is 0 Å². The molecule has 23 heavy (non-hydrogen) atoms.